The average molecular weight is 357 g/mol. The number of likely N-dealkylation sites (tertiary alicyclic amines) is 1. The maximum atomic E-state index is 13.1. The molecule has 2 atom stereocenters. The first-order valence-corrected chi connectivity index (χ1v) is 9.81. The molecule has 0 aromatic heterocycles. The van der Waals surface area contributed by atoms with Crippen molar-refractivity contribution in [1.82, 2.24) is 4.90 Å². The minimum Gasteiger partial charge on any atom is -0.479 e. The van der Waals surface area contributed by atoms with Crippen molar-refractivity contribution in [3.63, 3.8) is 0 Å². The second-order valence-corrected chi connectivity index (χ2v) is 8.07. The number of hydrogen-bond donors (Lipinski definition) is 1. The van der Waals surface area contributed by atoms with Crippen LogP contribution in [0.5, 0.6) is 0 Å². The molecule has 0 unspecified atom stereocenters. The van der Waals surface area contributed by atoms with E-state index in [0.717, 1.165) is 43.5 Å². The Hall–Kier alpha value is -1.88. The highest BCUT2D eigenvalue weighted by atomic mass is 16.5. The summed E-state index contributed by atoms with van der Waals surface area (Å²) in [6.45, 7) is 3.51. The molecule has 2 saturated heterocycles. The topological polar surface area (TPSA) is 66.8 Å². The zero-order valence-corrected chi connectivity index (χ0v) is 15.3. The Morgan fingerprint density at radius 2 is 1.81 bits per heavy atom. The fraction of sp³-hybridized carbons (Fsp3) is 0.619. The lowest BCUT2D eigenvalue weighted by Gasteiger charge is -2.35. The number of nitrogens with zero attached hydrogens (tertiary/aromatic N) is 1. The van der Waals surface area contributed by atoms with Gasteiger partial charge in [-0.1, -0.05) is 17.7 Å². The smallest absolute Gasteiger partial charge is 0.332 e. The molecule has 1 aromatic rings. The monoisotopic (exact) mass is 357 g/mol. The number of aliphatic carboxylic acids is 1. The van der Waals surface area contributed by atoms with Gasteiger partial charge >= 0.3 is 5.97 Å². The Labute approximate surface area is 154 Å². The van der Waals surface area contributed by atoms with Gasteiger partial charge in [0.15, 0.2) is 6.10 Å². The number of carbonyl (C=O) groups is 2. The Balaban J connectivity index is 1.39. The molecular weight excluding hydrogens is 330 g/mol. The lowest BCUT2D eigenvalue weighted by molar-refractivity contribution is -0.150. The van der Waals surface area contributed by atoms with Crippen molar-refractivity contribution in [2.24, 2.45) is 5.92 Å². The molecule has 5 nitrogen and oxygen atoms in total. The van der Waals surface area contributed by atoms with Crippen LogP contribution in [0.15, 0.2) is 18.2 Å². The molecule has 26 heavy (non-hydrogen) atoms. The molecule has 5 heteroatoms. The van der Waals surface area contributed by atoms with Gasteiger partial charge in [-0.3, -0.25) is 4.79 Å². The molecule has 0 radical (unpaired) electrons. The maximum Gasteiger partial charge on any atom is 0.332 e. The molecular formula is C21H27NO4. The lowest BCUT2D eigenvalue weighted by Crippen LogP contribution is -2.41. The molecule has 1 aliphatic carbocycles. The van der Waals surface area contributed by atoms with Gasteiger partial charge in [-0.05, 0) is 68.9 Å². The van der Waals surface area contributed by atoms with E-state index >= 15 is 0 Å². The van der Waals surface area contributed by atoms with Crippen molar-refractivity contribution < 1.29 is 19.4 Å². The molecule has 1 N–H and O–H groups in total. The van der Waals surface area contributed by atoms with Gasteiger partial charge in [-0.25, -0.2) is 4.79 Å². The van der Waals surface area contributed by atoms with Crippen LogP contribution >= 0.6 is 0 Å². The summed E-state index contributed by atoms with van der Waals surface area (Å²) in [7, 11) is 0. The number of aryl methyl sites for hydroxylation is 1. The summed E-state index contributed by atoms with van der Waals surface area (Å²) in [5.74, 6) is 0.229. The summed E-state index contributed by atoms with van der Waals surface area (Å²) in [6, 6.07) is 6.28. The standard InChI is InChI=1S/C21H27NO4/c1-13-2-5-16(14-3-4-14)17(12-13)20(23)22-10-8-15(9-11-22)18-6-7-19(26-18)21(24)25/h2,5,12,14-15,18-19H,3-4,6-11H2,1H3,(H,24,25)/t18-,19+/m0/s1. The normalized spacial score (nSPS) is 26.9. The summed E-state index contributed by atoms with van der Waals surface area (Å²) in [5.41, 5.74) is 3.23. The summed E-state index contributed by atoms with van der Waals surface area (Å²) in [5, 5.41) is 9.09. The SMILES string of the molecule is Cc1ccc(C2CC2)c(C(=O)N2CCC([C@@H]3CC[C@H](C(=O)O)O3)CC2)c1. The van der Waals surface area contributed by atoms with E-state index in [1.165, 1.54) is 18.4 Å². The van der Waals surface area contributed by atoms with Gasteiger partial charge in [0.25, 0.3) is 5.91 Å². The fourth-order valence-corrected chi connectivity index (χ4v) is 4.44. The fourth-order valence-electron chi connectivity index (χ4n) is 4.44. The minimum atomic E-state index is -0.854. The minimum absolute atomic E-state index is 0.0364. The zero-order chi connectivity index (χ0) is 18.3. The largest absolute Gasteiger partial charge is 0.479 e. The molecule has 3 aliphatic rings. The molecule has 1 aromatic carbocycles. The third-order valence-electron chi connectivity index (χ3n) is 6.14. The van der Waals surface area contributed by atoms with E-state index in [4.69, 9.17) is 9.84 Å². The van der Waals surface area contributed by atoms with Crippen LogP contribution in [0.4, 0.5) is 0 Å². The summed E-state index contributed by atoms with van der Waals surface area (Å²) in [4.78, 5) is 26.1. The summed E-state index contributed by atoms with van der Waals surface area (Å²) < 4.78 is 5.71. The van der Waals surface area contributed by atoms with Crippen molar-refractivity contribution in [3.05, 3.63) is 34.9 Å². The number of benzene rings is 1. The first-order valence-electron chi connectivity index (χ1n) is 9.81. The Kier molecular flexibility index (Phi) is 4.74. The number of carboxylic acids is 1. The van der Waals surface area contributed by atoms with Crippen molar-refractivity contribution in [2.45, 2.75) is 63.6 Å². The van der Waals surface area contributed by atoms with E-state index in [1.807, 2.05) is 17.9 Å². The highest BCUT2D eigenvalue weighted by molar-refractivity contribution is 5.96. The van der Waals surface area contributed by atoms with E-state index in [1.54, 1.807) is 0 Å². The number of ether oxygens (including phenoxy) is 1. The van der Waals surface area contributed by atoms with E-state index in [2.05, 4.69) is 12.1 Å². The Bertz CT molecular complexity index is 704. The zero-order valence-electron chi connectivity index (χ0n) is 15.3. The van der Waals surface area contributed by atoms with Gasteiger partial charge in [0.1, 0.15) is 0 Å². The van der Waals surface area contributed by atoms with Gasteiger partial charge in [0.05, 0.1) is 6.10 Å². The summed E-state index contributed by atoms with van der Waals surface area (Å²) >= 11 is 0. The highest BCUT2D eigenvalue weighted by Gasteiger charge is 2.37. The van der Waals surface area contributed by atoms with Crippen LogP contribution in [0.25, 0.3) is 0 Å². The number of rotatable bonds is 4. The van der Waals surface area contributed by atoms with Crippen LogP contribution in [0.1, 0.15) is 65.9 Å². The van der Waals surface area contributed by atoms with Gasteiger partial charge < -0.3 is 14.7 Å². The third-order valence-corrected chi connectivity index (χ3v) is 6.14. The second-order valence-electron chi connectivity index (χ2n) is 8.07. The highest BCUT2D eigenvalue weighted by Crippen LogP contribution is 2.42. The number of carboxylic acid groups (broad SMARTS) is 1. The van der Waals surface area contributed by atoms with E-state index in [9.17, 15) is 9.59 Å². The molecule has 4 rings (SSSR count). The molecule has 0 spiro atoms. The van der Waals surface area contributed by atoms with Crippen molar-refractivity contribution in [1.29, 1.82) is 0 Å². The van der Waals surface area contributed by atoms with E-state index < -0.39 is 12.1 Å². The Morgan fingerprint density at radius 1 is 1.08 bits per heavy atom. The van der Waals surface area contributed by atoms with Crippen molar-refractivity contribution in [2.75, 3.05) is 13.1 Å². The van der Waals surface area contributed by atoms with E-state index in [0.29, 0.717) is 18.3 Å². The predicted molar refractivity (Wildman–Crippen MR) is 97.3 cm³/mol. The first kappa shape index (κ1) is 17.5. The lowest BCUT2D eigenvalue weighted by atomic mass is 9.89. The average Bonchev–Trinajstić information content (AvgIpc) is 3.36. The van der Waals surface area contributed by atoms with Gasteiger partial charge in [0.2, 0.25) is 0 Å². The summed E-state index contributed by atoms with van der Waals surface area (Å²) in [6.07, 6.45) is 4.99. The van der Waals surface area contributed by atoms with Gasteiger partial charge in [-0.15, -0.1) is 0 Å². The van der Waals surface area contributed by atoms with Crippen LogP contribution in [-0.2, 0) is 9.53 Å². The molecule has 3 fully saturated rings. The van der Waals surface area contributed by atoms with Crippen LogP contribution < -0.4 is 0 Å². The quantitative estimate of drug-likeness (QED) is 0.897. The van der Waals surface area contributed by atoms with Crippen LogP contribution in [0.2, 0.25) is 0 Å². The molecule has 1 saturated carbocycles. The molecule has 1 amide bonds. The van der Waals surface area contributed by atoms with Crippen LogP contribution in [0, 0.1) is 12.8 Å². The molecule has 140 valence electrons. The number of piperidine rings is 1. The van der Waals surface area contributed by atoms with Crippen LogP contribution in [-0.4, -0.2) is 47.2 Å². The third kappa shape index (κ3) is 3.50. The molecule has 0 bridgehead atoms. The van der Waals surface area contributed by atoms with Crippen LogP contribution in [0.3, 0.4) is 0 Å². The molecule has 2 aliphatic heterocycles. The van der Waals surface area contributed by atoms with E-state index in [-0.39, 0.29) is 12.0 Å². The van der Waals surface area contributed by atoms with Gasteiger partial charge in [0, 0.05) is 18.7 Å². The van der Waals surface area contributed by atoms with Crippen molar-refractivity contribution >= 4 is 11.9 Å². The maximum absolute atomic E-state index is 13.1. The number of hydrogen-bond acceptors (Lipinski definition) is 3. The second kappa shape index (κ2) is 7.03. The van der Waals surface area contributed by atoms with Gasteiger partial charge in [-0.2, -0.15) is 0 Å². The number of carbonyl (C=O) groups excluding carboxylic acids is 1. The predicted octanol–water partition coefficient (Wildman–Crippen LogP) is 3.36. The number of amides is 1. The first-order chi connectivity index (χ1) is 12.5. The molecule has 2 heterocycles. The van der Waals surface area contributed by atoms with Crippen molar-refractivity contribution in [3.8, 4) is 0 Å². The Morgan fingerprint density at radius 3 is 2.42 bits per heavy atom.